The van der Waals surface area contributed by atoms with Crippen LogP contribution in [0.25, 0.3) is 0 Å². The monoisotopic (exact) mass is 311 g/mol. The summed E-state index contributed by atoms with van der Waals surface area (Å²) in [6, 6.07) is 10.7. The molecule has 0 saturated carbocycles. The van der Waals surface area contributed by atoms with Crippen LogP contribution in [-0.2, 0) is 9.59 Å². The highest BCUT2D eigenvalue weighted by molar-refractivity contribution is 6.39. The average Bonchev–Trinajstić information content (AvgIpc) is 2.63. The van der Waals surface area contributed by atoms with Crippen molar-refractivity contribution in [3.8, 4) is 0 Å². The minimum absolute atomic E-state index is 0.472. The van der Waals surface area contributed by atoms with Crippen LogP contribution in [0.4, 0.5) is 11.6 Å². The first-order valence-corrected chi connectivity index (χ1v) is 7.41. The molecule has 1 aliphatic rings. The lowest BCUT2D eigenvalue weighted by atomic mass is 10.3. The molecule has 7 heteroatoms. The number of hydrogen-bond acceptors (Lipinski definition) is 5. The van der Waals surface area contributed by atoms with Gasteiger partial charge in [0, 0.05) is 44.3 Å². The van der Waals surface area contributed by atoms with Crippen LogP contribution >= 0.6 is 0 Å². The van der Waals surface area contributed by atoms with Gasteiger partial charge in [-0.25, -0.2) is 9.97 Å². The Morgan fingerprint density at radius 1 is 0.913 bits per heavy atom. The second-order valence-corrected chi connectivity index (χ2v) is 5.15. The molecule has 1 fully saturated rings. The molecule has 2 heterocycles. The number of nitrogens with zero attached hydrogens (tertiary/aromatic N) is 4. The maximum atomic E-state index is 12.2. The lowest BCUT2D eigenvalue weighted by Gasteiger charge is -2.34. The van der Waals surface area contributed by atoms with Gasteiger partial charge in [-0.15, -0.1) is 0 Å². The van der Waals surface area contributed by atoms with Gasteiger partial charge in [0.1, 0.15) is 0 Å². The number of anilines is 2. The fourth-order valence-corrected chi connectivity index (χ4v) is 2.41. The van der Waals surface area contributed by atoms with Gasteiger partial charge in [-0.3, -0.25) is 9.59 Å². The van der Waals surface area contributed by atoms with E-state index in [1.54, 1.807) is 47.6 Å². The maximum Gasteiger partial charge on any atom is 0.313 e. The van der Waals surface area contributed by atoms with Crippen molar-refractivity contribution in [1.29, 1.82) is 0 Å². The zero-order chi connectivity index (χ0) is 16.1. The highest BCUT2D eigenvalue weighted by Crippen LogP contribution is 2.11. The number of carbonyl (C=O) groups excluding carboxylic acids is 2. The Morgan fingerprint density at radius 3 is 2.22 bits per heavy atom. The number of amides is 2. The Kier molecular flexibility index (Phi) is 4.46. The van der Waals surface area contributed by atoms with Gasteiger partial charge >= 0.3 is 11.8 Å². The number of nitrogens with one attached hydrogen (secondary N) is 1. The normalized spacial score (nSPS) is 14.4. The Balaban J connectivity index is 1.55. The first-order valence-electron chi connectivity index (χ1n) is 7.41. The lowest BCUT2D eigenvalue weighted by Crippen LogP contribution is -2.52. The summed E-state index contributed by atoms with van der Waals surface area (Å²) in [4.78, 5) is 36.2. The maximum absolute atomic E-state index is 12.2. The molecule has 0 bridgehead atoms. The first kappa shape index (κ1) is 15.0. The summed E-state index contributed by atoms with van der Waals surface area (Å²) in [7, 11) is 0. The molecule has 0 unspecified atom stereocenters. The molecule has 1 aromatic carbocycles. The quantitative estimate of drug-likeness (QED) is 0.829. The van der Waals surface area contributed by atoms with Gasteiger partial charge in [0.2, 0.25) is 5.95 Å². The number of para-hydroxylation sites is 1. The number of benzene rings is 1. The van der Waals surface area contributed by atoms with Crippen molar-refractivity contribution in [2.45, 2.75) is 0 Å². The van der Waals surface area contributed by atoms with E-state index in [1.807, 2.05) is 11.0 Å². The van der Waals surface area contributed by atoms with Crippen molar-refractivity contribution in [3.05, 3.63) is 48.8 Å². The predicted octanol–water partition coefficient (Wildman–Crippen LogP) is 0.764. The molecule has 1 aliphatic heterocycles. The Morgan fingerprint density at radius 2 is 1.57 bits per heavy atom. The highest BCUT2D eigenvalue weighted by atomic mass is 16.2. The van der Waals surface area contributed by atoms with E-state index in [2.05, 4.69) is 15.3 Å². The van der Waals surface area contributed by atoms with Crippen molar-refractivity contribution in [2.24, 2.45) is 0 Å². The van der Waals surface area contributed by atoms with Crippen LogP contribution in [0.3, 0.4) is 0 Å². The standard InChI is InChI=1S/C16H17N5O2/c22-14(19-13-5-2-1-3-6-13)15(23)20-9-11-21(12-10-20)16-17-7-4-8-18-16/h1-8H,9-12H2,(H,19,22). The molecule has 1 N–H and O–H groups in total. The minimum atomic E-state index is -0.611. The number of hydrogen-bond donors (Lipinski definition) is 1. The van der Waals surface area contributed by atoms with Crippen LogP contribution in [0.15, 0.2) is 48.8 Å². The zero-order valence-electron chi connectivity index (χ0n) is 12.6. The summed E-state index contributed by atoms with van der Waals surface area (Å²) in [6.45, 7) is 2.15. The number of piperazine rings is 1. The van der Waals surface area contributed by atoms with Crippen molar-refractivity contribution in [1.82, 2.24) is 14.9 Å². The smallest absolute Gasteiger partial charge is 0.313 e. The van der Waals surface area contributed by atoms with E-state index in [0.717, 1.165) is 0 Å². The topological polar surface area (TPSA) is 78.4 Å². The molecule has 0 atom stereocenters. The van der Waals surface area contributed by atoms with Crippen molar-refractivity contribution in [2.75, 3.05) is 36.4 Å². The minimum Gasteiger partial charge on any atom is -0.337 e. The van der Waals surface area contributed by atoms with Crippen molar-refractivity contribution in [3.63, 3.8) is 0 Å². The van der Waals surface area contributed by atoms with Gasteiger partial charge in [-0.05, 0) is 18.2 Å². The fourth-order valence-electron chi connectivity index (χ4n) is 2.41. The van der Waals surface area contributed by atoms with E-state index >= 15 is 0 Å². The average molecular weight is 311 g/mol. The lowest BCUT2D eigenvalue weighted by molar-refractivity contribution is -0.143. The SMILES string of the molecule is O=C(Nc1ccccc1)C(=O)N1CCN(c2ncccn2)CC1. The van der Waals surface area contributed by atoms with Gasteiger partial charge in [-0.2, -0.15) is 0 Å². The van der Waals surface area contributed by atoms with Crippen LogP contribution in [0.2, 0.25) is 0 Å². The third kappa shape index (κ3) is 3.63. The van der Waals surface area contributed by atoms with E-state index in [1.165, 1.54) is 0 Å². The van der Waals surface area contributed by atoms with Crippen LogP contribution < -0.4 is 10.2 Å². The first-order chi connectivity index (χ1) is 11.2. The molecule has 0 radical (unpaired) electrons. The van der Waals surface area contributed by atoms with E-state index in [0.29, 0.717) is 37.8 Å². The molecule has 1 aromatic heterocycles. The van der Waals surface area contributed by atoms with Gasteiger partial charge in [0.05, 0.1) is 0 Å². The summed E-state index contributed by atoms with van der Waals surface area (Å²) < 4.78 is 0. The molecule has 118 valence electrons. The number of carbonyl (C=O) groups is 2. The van der Waals surface area contributed by atoms with Gasteiger partial charge < -0.3 is 15.1 Å². The van der Waals surface area contributed by atoms with Crippen LogP contribution in [0.1, 0.15) is 0 Å². The molecule has 7 nitrogen and oxygen atoms in total. The molecule has 23 heavy (non-hydrogen) atoms. The molecule has 2 amide bonds. The third-order valence-corrected chi connectivity index (χ3v) is 3.63. The van der Waals surface area contributed by atoms with E-state index in [4.69, 9.17) is 0 Å². The molecular formula is C16H17N5O2. The van der Waals surface area contributed by atoms with E-state index in [9.17, 15) is 9.59 Å². The zero-order valence-corrected chi connectivity index (χ0v) is 12.6. The Labute approximate surface area is 134 Å². The third-order valence-electron chi connectivity index (χ3n) is 3.63. The second-order valence-electron chi connectivity index (χ2n) is 5.15. The predicted molar refractivity (Wildman–Crippen MR) is 85.9 cm³/mol. The molecule has 1 saturated heterocycles. The van der Waals surface area contributed by atoms with Crippen LogP contribution in [-0.4, -0.2) is 52.9 Å². The van der Waals surface area contributed by atoms with Gasteiger partial charge in [0.15, 0.2) is 0 Å². The Bertz CT molecular complexity index is 669. The number of aromatic nitrogens is 2. The van der Waals surface area contributed by atoms with E-state index < -0.39 is 11.8 Å². The van der Waals surface area contributed by atoms with Crippen molar-refractivity contribution < 1.29 is 9.59 Å². The van der Waals surface area contributed by atoms with Gasteiger partial charge in [0.25, 0.3) is 0 Å². The highest BCUT2D eigenvalue weighted by Gasteiger charge is 2.26. The fraction of sp³-hybridized carbons (Fsp3) is 0.250. The van der Waals surface area contributed by atoms with Gasteiger partial charge in [-0.1, -0.05) is 18.2 Å². The summed E-state index contributed by atoms with van der Waals surface area (Å²) >= 11 is 0. The molecule has 0 aliphatic carbocycles. The van der Waals surface area contributed by atoms with Crippen LogP contribution in [0.5, 0.6) is 0 Å². The number of rotatable bonds is 2. The molecule has 2 aromatic rings. The summed E-state index contributed by atoms with van der Waals surface area (Å²) in [5, 5.41) is 2.61. The van der Waals surface area contributed by atoms with Crippen molar-refractivity contribution >= 4 is 23.5 Å². The Hall–Kier alpha value is -2.96. The molecule has 0 spiro atoms. The second kappa shape index (κ2) is 6.87. The largest absolute Gasteiger partial charge is 0.337 e. The van der Waals surface area contributed by atoms with Crippen LogP contribution in [0, 0.1) is 0 Å². The summed E-state index contributed by atoms with van der Waals surface area (Å²) in [5.41, 5.74) is 0.613. The molecule has 3 rings (SSSR count). The summed E-state index contributed by atoms with van der Waals surface area (Å²) in [6.07, 6.45) is 3.38. The van der Waals surface area contributed by atoms with E-state index in [-0.39, 0.29) is 0 Å². The summed E-state index contributed by atoms with van der Waals surface area (Å²) in [5.74, 6) is -0.476. The molecular weight excluding hydrogens is 294 g/mol.